The average molecular weight is 413 g/mol. The molecule has 0 aromatic heterocycles. The van der Waals surface area contributed by atoms with E-state index in [0.29, 0.717) is 11.3 Å². The van der Waals surface area contributed by atoms with Gasteiger partial charge in [0.25, 0.3) is 0 Å². The lowest BCUT2D eigenvalue weighted by Crippen LogP contribution is -2.26. The van der Waals surface area contributed by atoms with Crippen LogP contribution in [-0.2, 0) is 14.8 Å². The van der Waals surface area contributed by atoms with Crippen molar-refractivity contribution in [1.82, 2.24) is 4.72 Å². The van der Waals surface area contributed by atoms with Crippen LogP contribution < -0.4 is 10.0 Å². The first-order valence-corrected chi connectivity index (χ1v) is 10.8. The first kappa shape index (κ1) is 21.0. The summed E-state index contributed by atoms with van der Waals surface area (Å²) >= 11 is 0. The molecule has 0 aliphatic carbocycles. The van der Waals surface area contributed by atoms with Gasteiger partial charge < -0.3 is 10.4 Å². The number of rotatable bonds is 7. The molecule has 3 N–H and O–H groups in total. The van der Waals surface area contributed by atoms with Crippen molar-refractivity contribution in [2.75, 3.05) is 11.9 Å². The fourth-order valence-corrected chi connectivity index (χ4v) is 4.61. The molecule has 29 heavy (non-hydrogen) atoms. The van der Waals surface area contributed by atoms with Crippen LogP contribution in [0.15, 0.2) is 65.6 Å². The van der Waals surface area contributed by atoms with Gasteiger partial charge in [-0.25, -0.2) is 13.1 Å². The van der Waals surface area contributed by atoms with Crippen LogP contribution in [0.2, 0.25) is 0 Å². The maximum atomic E-state index is 12.6. The lowest BCUT2D eigenvalue weighted by Gasteiger charge is -2.15. The molecule has 1 atom stereocenters. The molecule has 0 radical (unpaired) electrons. The van der Waals surface area contributed by atoms with Crippen LogP contribution in [0.5, 0.6) is 0 Å². The molecule has 1 amide bonds. The number of hydrogen-bond acceptors (Lipinski definition) is 4. The van der Waals surface area contributed by atoms with E-state index in [9.17, 15) is 18.3 Å². The van der Waals surface area contributed by atoms with Gasteiger partial charge in [-0.2, -0.15) is 0 Å². The van der Waals surface area contributed by atoms with Crippen LogP contribution in [-0.4, -0.2) is 26.0 Å². The van der Waals surface area contributed by atoms with E-state index in [1.54, 1.807) is 19.1 Å². The molecule has 0 aliphatic rings. The summed E-state index contributed by atoms with van der Waals surface area (Å²) in [5.74, 6) is -0.222. The third kappa shape index (κ3) is 5.00. The molecule has 0 fully saturated rings. The van der Waals surface area contributed by atoms with Crippen LogP contribution in [0, 0.1) is 6.92 Å². The standard InChI is InChI=1S/C22H24N2O4S/c1-15-14-18(24-16(2)25)10-11-22(15)29(27,28)23-13-12-21(26)20-9-5-7-17-6-3-4-8-19(17)20/h3-11,14,21,23,26H,12-13H2,1-2H3,(H,24,25). The van der Waals surface area contributed by atoms with Crippen molar-refractivity contribution in [3.8, 4) is 0 Å². The van der Waals surface area contributed by atoms with Crippen molar-refractivity contribution >= 4 is 32.4 Å². The number of aliphatic hydroxyl groups excluding tert-OH is 1. The molecule has 152 valence electrons. The van der Waals surface area contributed by atoms with Crippen LogP contribution in [0.4, 0.5) is 5.69 Å². The molecule has 3 aromatic carbocycles. The number of fused-ring (bicyclic) bond motifs is 1. The number of amides is 1. The monoisotopic (exact) mass is 412 g/mol. The summed E-state index contributed by atoms with van der Waals surface area (Å²) in [4.78, 5) is 11.3. The Morgan fingerprint density at radius 3 is 2.52 bits per heavy atom. The number of aliphatic hydroxyl groups is 1. The quantitative estimate of drug-likeness (QED) is 0.553. The molecule has 0 bridgehead atoms. The van der Waals surface area contributed by atoms with Crippen molar-refractivity contribution in [2.24, 2.45) is 0 Å². The number of aryl methyl sites for hydroxylation is 1. The van der Waals surface area contributed by atoms with Crippen molar-refractivity contribution < 1.29 is 18.3 Å². The number of sulfonamides is 1. The molecule has 0 saturated carbocycles. The van der Waals surface area contributed by atoms with Gasteiger partial charge >= 0.3 is 0 Å². The van der Waals surface area contributed by atoms with Gasteiger partial charge in [0.2, 0.25) is 15.9 Å². The van der Waals surface area contributed by atoms with E-state index in [4.69, 9.17) is 0 Å². The van der Waals surface area contributed by atoms with Gasteiger partial charge in [-0.1, -0.05) is 42.5 Å². The number of benzene rings is 3. The molecule has 0 heterocycles. The molecule has 1 unspecified atom stereocenters. The Morgan fingerprint density at radius 2 is 1.79 bits per heavy atom. The van der Waals surface area contributed by atoms with Gasteiger partial charge in [0.15, 0.2) is 0 Å². The summed E-state index contributed by atoms with van der Waals surface area (Å²) in [6.07, 6.45) is -0.539. The summed E-state index contributed by atoms with van der Waals surface area (Å²) in [5.41, 5.74) is 1.84. The van der Waals surface area contributed by atoms with Crippen LogP contribution in [0.1, 0.15) is 30.6 Å². The second-order valence-electron chi connectivity index (χ2n) is 6.93. The number of anilines is 1. The van der Waals surface area contributed by atoms with E-state index in [1.807, 2.05) is 42.5 Å². The lowest BCUT2D eigenvalue weighted by atomic mass is 9.99. The van der Waals surface area contributed by atoms with E-state index in [0.717, 1.165) is 16.3 Å². The highest BCUT2D eigenvalue weighted by atomic mass is 32.2. The third-order valence-electron chi connectivity index (χ3n) is 4.68. The van der Waals surface area contributed by atoms with Crippen molar-refractivity contribution in [1.29, 1.82) is 0 Å². The zero-order valence-corrected chi connectivity index (χ0v) is 17.2. The smallest absolute Gasteiger partial charge is 0.240 e. The van der Waals surface area contributed by atoms with Crippen molar-refractivity contribution in [3.63, 3.8) is 0 Å². The molecule has 6 nitrogen and oxygen atoms in total. The lowest BCUT2D eigenvalue weighted by molar-refractivity contribution is -0.114. The van der Waals surface area contributed by atoms with Crippen LogP contribution >= 0.6 is 0 Å². The Kier molecular flexibility index (Phi) is 6.32. The van der Waals surface area contributed by atoms with Gasteiger partial charge in [-0.3, -0.25) is 4.79 Å². The zero-order valence-electron chi connectivity index (χ0n) is 16.3. The van der Waals surface area contributed by atoms with Crippen LogP contribution in [0.3, 0.4) is 0 Å². The number of hydrogen-bond donors (Lipinski definition) is 3. The number of nitrogens with one attached hydrogen (secondary N) is 2. The average Bonchev–Trinajstić information content (AvgIpc) is 2.66. The first-order valence-electron chi connectivity index (χ1n) is 9.31. The van der Waals surface area contributed by atoms with Gasteiger partial charge in [-0.15, -0.1) is 0 Å². The van der Waals surface area contributed by atoms with Crippen molar-refractivity contribution in [2.45, 2.75) is 31.3 Å². The predicted molar refractivity (Wildman–Crippen MR) is 114 cm³/mol. The highest BCUT2D eigenvalue weighted by Gasteiger charge is 2.18. The maximum Gasteiger partial charge on any atom is 0.240 e. The second kappa shape index (κ2) is 8.73. The SMILES string of the molecule is CC(=O)Nc1ccc(S(=O)(=O)NCCC(O)c2cccc3ccccc23)c(C)c1. The molecule has 3 aromatic rings. The molecule has 7 heteroatoms. The fourth-order valence-electron chi connectivity index (χ4n) is 3.34. The van der Waals surface area contributed by atoms with E-state index >= 15 is 0 Å². The largest absolute Gasteiger partial charge is 0.388 e. The Labute approximate surface area is 170 Å². The van der Waals surface area contributed by atoms with Gasteiger partial charge in [-0.05, 0) is 53.4 Å². The highest BCUT2D eigenvalue weighted by molar-refractivity contribution is 7.89. The summed E-state index contributed by atoms with van der Waals surface area (Å²) in [6, 6.07) is 18.1. The first-order chi connectivity index (χ1) is 13.8. The Bertz CT molecular complexity index is 1140. The van der Waals surface area contributed by atoms with E-state index in [2.05, 4.69) is 10.0 Å². The predicted octanol–water partition coefficient (Wildman–Crippen LogP) is 3.51. The van der Waals surface area contributed by atoms with E-state index < -0.39 is 16.1 Å². The van der Waals surface area contributed by atoms with E-state index in [1.165, 1.54) is 13.0 Å². The molecular weight excluding hydrogens is 388 g/mol. The summed E-state index contributed by atoms with van der Waals surface area (Å²) < 4.78 is 27.8. The molecule has 0 saturated heterocycles. The maximum absolute atomic E-state index is 12.6. The topological polar surface area (TPSA) is 95.5 Å². The minimum Gasteiger partial charge on any atom is -0.388 e. The van der Waals surface area contributed by atoms with Gasteiger partial charge in [0.1, 0.15) is 0 Å². The fraction of sp³-hybridized carbons (Fsp3) is 0.227. The van der Waals surface area contributed by atoms with Gasteiger partial charge in [0.05, 0.1) is 11.0 Å². The van der Waals surface area contributed by atoms with Crippen molar-refractivity contribution in [3.05, 3.63) is 71.8 Å². The zero-order chi connectivity index (χ0) is 21.0. The molecule has 3 rings (SSSR count). The molecular formula is C22H24N2O4S. The summed E-state index contributed by atoms with van der Waals surface area (Å²) in [5, 5.41) is 15.2. The van der Waals surface area contributed by atoms with Gasteiger partial charge in [0, 0.05) is 19.2 Å². The normalized spacial score (nSPS) is 12.7. The molecule has 0 spiro atoms. The molecule has 0 aliphatic heterocycles. The summed E-state index contributed by atoms with van der Waals surface area (Å²) in [6.45, 7) is 3.16. The summed E-state index contributed by atoms with van der Waals surface area (Å²) in [7, 11) is -3.73. The van der Waals surface area contributed by atoms with E-state index in [-0.39, 0.29) is 23.8 Å². The Morgan fingerprint density at radius 1 is 1.07 bits per heavy atom. The number of carbonyl (C=O) groups excluding carboxylic acids is 1. The Balaban J connectivity index is 1.68. The highest BCUT2D eigenvalue weighted by Crippen LogP contribution is 2.26. The minimum atomic E-state index is -3.73. The number of carbonyl (C=O) groups is 1. The second-order valence-corrected chi connectivity index (χ2v) is 8.67. The van der Waals surface area contributed by atoms with Crippen LogP contribution in [0.25, 0.3) is 10.8 Å². The Hall–Kier alpha value is -2.74. The minimum absolute atomic E-state index is 0.0968. The third-order valence-corrected chi connectivity index (χ3v) is 6.30.